The Morgan fingerprint density at radius 3 is 2.36 bits per heavy atom. The van der Waals surface area contributed by atoms with Crippen LogP contribution in [-0.2, 0) is 5.67 Å². The Bertz CT molecular complexity index is 218. The fraction of sp³-hybridized carbons (Fsp3) is 0.333. The topological polar surface area (TPSA) is 26.0 Å². The molecule has 0 saturated carbocycles. The molecule has 1 aromatic rings. The second kappa shape index (κ2) is 3.01. The van der Waals surface area contributed by atoms with Crippen molar-refractivity contribution in [1.29, 1.82) is 0 Å². The van der Waals surface area contributed by atoms with Crippen molar-refractivity contribution in [3.8, 4) is 0 Å². The number of alkyl halides is 1. The Labute approximate surface area is 66.0 Å². The van der Waals surface area contributed by atoms with Crippen LogP contribution in [-0.4, -0.2) is 6.54 Å². The van der Waals surface area contributed by atoms with E-state index in [2.05, 4.69) is 0 Å². The van der Waals surface area contributed by atoms with Crippen LogP contribution >= 0.6 is 0 Å². The molecule has 0 aromatic heterocycles. The molecule has 0 radical (unpaired) electrons. The molecular formula is C9H12FN. The molecule has 2 N–H and O–H groups in total. The predicted molar refractivity (Wildman–Crippen MR) is 44.0 cm³/mol. The first-order valence-corrected chi connectivity index (χ1v) is 3.61. The Morgan fingerprint density at radius 1 is 1.36 bits per heavy atom. The normalized spacial score (nSPS) is 15.9. The fourth-order valence-corrected chi connectivity index (χ4v) is 0.904. The third-order valence-electron chi connectivity index (χ3n) is 1.76. The molecule has 1 atom stereocenters. The molecule has 60 valence electrons. The lowest BCUT2D eigenvalue weighted by Crippen LogP contribution is -2.26. The molecular weight excluding hydrogens is 141 g/mol. The first-order valence-electron chi connectivity index (χ1n) is 3.61. The van der Waals surface area contributed by atoms with Crippen molar-refractivity contribution in [2.75, 3.05) is 6.54 Å². The van der Waals surface area contributed by atoms with Gasteiger partial charge in [0.15, 0.2) is 0 Å². The highest BCUT2D eigenvalue weighted by Crippen LogP contribution is 2.22. The Hall–Kier alpha value is -0.890. The molecule has 0 fully saturated rings. The van der Waals surface area contributed by atoms with E-state index < -0.39 is 5.67 Å². The summed E-state index contributed by atoms with van der Waals surface area (Å²) in [6, 6.07) is 8.96. The summed E-state index contributed by atoms with van der Waals surface area (Å²) in [6.45, 7) is 1.51. The van der Waals surface area contributed by atoms with Crippen molar-refractivity contribution in [2.45, 2.75) is 12.6 Å². The van der Waals surface area contributed by atoms with E-state index >= 15 is 0 Å². The molecule has 0 heterocycles. The van der Waals surface area contributed by atoms with Gasteiger partial charge in [0.2, 0.25) is 0 Å². The van der Waals surface area contributed by atoms with Gasteiger partial charge in [-0.05, 0) is 12.5 Å². The molecule has 11 heavy (non-hydrogen) atoms. The lowest BCUT2D eigenvalue weighted by atomic mass is 9.99. The lowest BCUT2D eigenvalue weighted by molar-refractivity contribution is 0.203. The van der Waals surface area contributed by atoms with Crippen LogP contribution in [0.15, 0.2) is 30.3 Å². The Morgan fingerprint density at radius 2 is 1.91 bits per heavy atom. The highest BCUT2D eigenvalue weighted by Gasteiger charge is 2.22. The number of hydrogen-bond acceptors (Lipinski definition) is 1. The molecule has 0 aliphatic rings. The zero-order valence-corrected chi connectivity index (χ0v) is 6.55. The molecule has 0 amide bonds. The maximum Gasteiger partial charge on any atom is 0.145 e. The van der Waals surface area contributed by atoms with Crippen LogP contribution in [0.1, 0.15) is 12.5 Å². The summed E-state index contributed by atoms with van der Waals surface area (Å²) in [4.78, 5) is 0. The quantitative estimate of drug-likeness (QED) is 0.689. The number of halogens is 1. The minimum atomic E-state index is -1.39. The third-order valence-corrected chi connectivity index (χ3v) is 1.76. The summed E-state index contributed by atoms with van der Waals surface area (Å²) in [5.41, 5.74) is 4.52. The van der Waals surface area contributed by atoms with Crippen LogP contribution in [0.25, 0.3) is 0 Å². The Balaban J connectivity index is 2.93. The molecule has 0 bridgehead atoms. The molecule has 1 aromatic carbocycles. The summed E-state index contributed by atoms with van der Waals surface area (Å²) in [5.74, 6) is 0. The van der Waals surface area contributed by atoms with Gasteiger partial charge >= 0.3 is 0 Å². The van der Waals surface area contributed by atoms with E-state index in [9.17, 15) is 4.39 Å². The van der Waals surface area contributed by atoms with Gasteiger partial charge in [0.05, 0.1) is 0 Å². The van der Waals surface area contributed by atoms with Crippen LogP contribution in [0.2, 0.25) is 0 Å². The molecule has 0 aliphatic carbocycles. The first kappa shape index (κ1) is 8.21. The largest absolute Gasteiger partial charge is 0.327 e. The van der Waals surface area contributed by atoms with E-state index in [1.807, 2.05) is 18.2 Å². The standard InChI is InChI=1S/C9H12FN/c1-9(10,7-11)8-5-3-2-4-6-8/h2-6H,7,11H2,1H3/t9-/m0/s1. The summed E-state index contributed by atoms with van der Waals surface area (Å²) in [6.07, 6.45) is 0. The van der Waals surface area contributed by atoms with E-state index in [1.165, 1.54) is 6.92 Å². The number of hydrogen-bond donors (Lipinski definition) is 1. The predicted octanol–water partition coefficient (Wildman–Crippen LogP) is 1.83. The Kier molecular flexibility index (Phi) is 2.25. The molecule has 1 rings (SSSR count). The maximum absolute atomic E-state index is 13.4. The maximum atomic E-state index is 13.4. The minimum absolute atomic E-state index is 0.0248. The van der Waals surface area contributed by atoms with Crippen molar-refractivity contribution in [1.82, 2.24) is 0 Å². The molecule has 0 saturated heterocycles. The van der Waals surface area contributed by atoms with Gasteiger partial charge in [-0.2, -0.15) is 0 Å². The summed E-state index contributed by atoms with van der Waals surface area (Å²) in [7, 11) is 0. The van der Waals surface area contributed by atoms with Crippen molar-refractivity contribution >= 4 is 0 Å². The molecule has 0 spiro atoms. The van der Waals surface area contributed by atoms with Crippen LogP contribution in [0.5, 0.6) is 0 Å². The molecule has 1 nitrogen and oxygen atoms in total. The van der Waals surface area contributed by atoms with Crippen molar-refractivity contribution in [3.05, 3.63) is 35.9 Å². The van der Waals surface area contributed by atoms with Gasteiger partial charge in [-0.25, -0.2) is 4.39 Å². The monoisotopic (exact) mass is 153 g/mol. The molecule has 0 aliphatic heterocycles. The van der Waals surface area contributed by atoms with Gasteiger partial charge in [-0.3, -0.25) is 0 Å². The number of nitrogens with two attached hydrogens (primary N) is 1. The van der Waals surface area contributed by atoms with E-state index in [0.717, 1.165) is 0 Å². The van der Waals surface area contributed by atoms with Gasteiger partial charge in [0.1, 0.15) is 5.67 Å². The number of rotatable bonds is 2. The zero-order valence-electron chi connectivity index (χ0n) is 6.55. The highest BCUT2D eigenvalue weighted by atomic mass is 19.1. The minimum Gasteiger partial charge on any atom is -0.327 e. The van der Waals surface area contributed by atoms with E-state index in [4.69, 9.17) is 5.73 Å². The van der Waals surface area contributed by atoms with Crippen LogP contribution < -0.4 is 5.73 Å². The van der Waals surface area contributed by atoms with Crippen molar-refractivity contribution < 1.29 is 4.39 Å². The number of benzene rings is 1. The van der Waals surface area contributed by atoms with E-state index in [1.54, 1.807) is 12.1 Å². The first-order chi connectivity index (χ1) is 5.17. The second-order valence-corrected chi connectivity index (χ2v) is 2.77. The lowest BCUT2D eigenvalue weighted by Gasteiger charge is -2.17. The average Bonchev–Trinajstić information content (AvgIpc) is 2.06. The van der Waals surface area contributed by atoms with Gasteiger partial charge in [0.25, 0.3) is 0 Å². The highest BCUT2D eigenvalue weighted by molar-refractivity contribution is 5.21. The van der Waals surface area contributed by atoms with Crippen molar-refractivity contribution in [3.63, 3.8) is 0 Å². The van der Waals surface area contributed by atoms with Gasteiger partial charge < -0.3 is 5.73 Å². The smallest absolute Gasteiger partial charge is 0.145 e. The molecule has 0 unspecified atom stereocenters. The van der Waals surface area contributed by atoms with Gasteiger partial charge in [-0.15, -0.1) is 0 Å². The zero-order chi connectivity index (χ0) is 8.32. The summed E-state index contributed by atoms with van der Waals surface area (Å²) >= 11 is 0. The van der Waals surface area contributed by atoms with Crippen molar-refractivity contribution in [2.24, 2.45) is 5.73 Å². The van der Waals surface area contributed by atoms with E-state index in [0.29, 0.717) is 5.56 Å². The summed E-state index contributed by atoms with van der Waals surface area (Å²) in [5, 5.41) is 0. The van der Waals surface area contributed by atoms with Crippen LogP contribution in [0.3, 0.4) is 0 Å². The van der Waals surface area contributed by atoms with Gasteiger partial charge in [0, 0.05) is 6.54 Å². The van der Waals surface area contributed by atoms with Crippen LogP contribution in [0, 0.1) is 0 Å². The third kappa shape index (κ3) is 1.77. The van der Waals surface area contributed by atoms with Gasteiger partial charge in [-0.1, -0.05) is 30.3 Å². The fourth-order valence-electron chi connectivity index (χ4n) is 0.904. The van der Waals surface area contributed by atoms with E-state index in [-0.39, 0.29) is 6.54 Å². The van der Waals surface area contributed by atoms with Crippen LogP contribution in [0.4, 0.5) is 4.39 Å². The second-order valence-electron chi connectivity index (χ2n) is 2.77. The average molecular weight is 153 g/mol. The summed E-state index contributed by atoms with van der Waals surface area (Å²) < 4.78 is 13.4. The molecule has 2 heteroatoms. The SMILES string of the molecule is C[C@](F)(CN)c1ccccc1.